The van der Waals surface area contributed by atoms with Crippen LogP contribution in [0.5, 0.6) is 0 Å². The van der Waals surface area contributed by atoms with E-state index in [1.54, 1.807) is 7.11 Å². The van der Waals surface area contributed by atoms with E-state index in [9.17, 15) is 4.79 Å². The Bertz CT molecular complexity index is 239. The molecule has 1 aliphatic rings. The number of nitrogens with two attached hydrogens (primary N) is 1. The van der Waals surface area contributed by atoms with Crippen LogP contribution < -0.4 is 11.1 Å². The molecule has 2 unspecified atom stereocenters. The van der Waals surface area contributed by atoms with E-state index in [2.05, 4.69) is 10.2 Å². The molecule has 5 nitrogen and oxygen atoms in total. The number of methoxy groups -OCH3 is 1. The second kappa shape index (κ2) is 11.7. The van der Waals surface area contributed by atoms with Gasteiger partial charge in [0, 0.05) is 19.7 Å². The molecule has 1 fully saturated rings. The Morgan fingerprint density at radius 2 is 1.89 bits per heavy atom. The number of likely N-dealkylation sites (tertiary alicyclic amines) is 1. The lowest BCUT2D eigenvalue weighted by Crippen LogP contribution is -2.50. The van der Waals surface area contributed by atoms with Crippen molar-refractivity contribution < 1.29 is 9.53 Å². The van der Waals surface area contributed by atoms with Crippen LogP contribution in [0.1, 0.15) is 26.2 Å². The first kappa shape index (κ1) is 21.2. The highest BCUT2D eigenvalue weighted by molar-refractivity contribution is 5.85. The van der Waals surface area contributed by atoms with Gasteiger partial charge in [-0.15, -0.1) is 24.8 Å². The fraction of sp³-hybridized carbons (Fsp3) is 0.917. The van der Waals surface area contributed by atoms with Crippen molar-refractivity contribution in [2.75, 3.05) is 33.4 Å². The van der Waals surface area contributed by atoms with E-state index in [1.165, 1.54) is 19.3 Å². The zero-order valence-electron chi connectivity index (χ0n) is 11.8. The smallest absolute Gasteiger partial charge is 0.239 e. The highest BCUT2D eigenvalue weighted by atomic mass is 35.5. The summed E-state index contributed by atoms with van der Waals surface area (Å²) in [5.74, 6) is -0.128. The van der Waals surface area contributed by atoms with Crippen molar-refractivity contribution in [2.45, 2.75) is 38.3 Å². The molecule has 0 bridgehead atoms. The maximum Gasteiger partial charge on any atom is 0.239 e. The van der Waals surface area contributed by atoms with Crippen molar-refractivity contribution in [3.05, 3.63) is 0 Å². The van der Waals surface area contributed by atoms with E-state index in [0.717, 1.165) is 19.6 Å². The van der Waals surface area contributed by atoms with Crippen LogP contribution in [0, 0.1) is 0 Å². The molecule has 1 saturated heterocycles. The molecule has 0 aromatic carbocycles. The summed E-state index contributed by atoms with van der Waals surface area (Å²) in [5.41, 5.74) is 5.66. The Morgan fingerprint density at radius 1 is 1.32 bits per heavy atom. The monoisotopic (exact) mass is 315 g/mol. The van der Waals surface area contributed by atoms with Crippen molar-refractivity contribution in [3.8, 4) is 0 Å². The molecule has 3 N–H and O–H groups in total. The van der Waals surface area contributed by atoms with Crippen LogP contribution in [0.4, 0.5) is 0 Å². The molecular formula is C12H27Cl2N3O2. The molecule has 7 heteroatoms. The van der Waals surface area contributed by atoms with Crippen LogP contribution in [0.2, 0.25) is 0 Å². The average molecular weight is 316 g/mol. The molecule has 116 valence electrons. The van der Waals surface area contributed by atoms with E-state index in [0.29, 0.717) is 0 Å². The van der Waals surface area contributed by atoms with E-state index in [4.69, 9.17) is 10.5 Å². The Hall–Kier alpha value is -0.0700. The molecule has 1 amide bonds. The third-order valence-corrected chi connectivity index (χ3v) is 3.05. The molecule has 1 heterocycles. The number of piperidine rings is 1. The normalized spacial score (nSPS) is 18.7. The highest BCUT2D eigenvalue weighted by Crippen LogP contribution is 2.08. The van der Waals surface area contributed by atoms with Gasteiger partial charge >= 0.3 is 0 Å². The molecule has 1 rings (SSSR count). The predicted octanol–water partition coefficient (Wildman–Crippen LogP) is 0.794. The summed E-state index contributed by atoms with van der Waals surface area (Å²) < 4.78 is 4.86. The van der Waals surface area contributed by atoms with Crippen molar-refractivity contribution in [1.82, 2.24) is 10.2 Å². The molecular weight excluding hydrogens is 289 g/mol. The summed E-state index contributed by atoms with van der Waals surface area (Å²) in [6.45, 7) is 5.48. The Balaban J connectivity index is 0. The third kappa shape index (κ3) is 8.65. The standard InChI is InChI=1S/C12H25N3O2.2ClH/c1-10(8-15-6-4-3-5-7-15)14-12(16)11(13)9-17-2;;/h10-11H,3-9,13H2,1-2H3,(H,14,16);2*1H. The summed E-state index contributed by atoms with van der Waals surface area (Å²) in [7, 11) is 1.55. The van der Waals surface area contributed by atoms with Gasteiger partial charge in [-0.2, -0.15) is 0 Å². The number of ether oxygens (including phenoxy) is 1. The van der Waals surface area contributed by atoms with E-state index >= 15 is 0 Å². The van der Waals surface area contributed by atoms with Gasteiger partial charge in [-0.3, -0.25) is 4.79 Å². The maximum absolute atomic E-state index is 11.7. The van der Waals surface area contributed by atoms with Gasteiger partial charge in [-0.1, -0.05) is 6.42 Å². The van der Waals surface area contributed by atoms with Crippen LogP contribution in [-0.4, -0.2) is 56.2 Å². The van der Waals surface area contributed by atoms with Crippen LogP contribution in [-0.2, 0) is 9.53 Å². The van der Waals surface area contributed by atoms with Crippen LogP contribution in [0.15, 0.2) is 0 Å². The van der Waals surface area contributed by atoms with Gasteiger partial charge in [0.2, 0.25) is 5.91 Å². The summed E-state index contributed by atoms with van der Waals surface area (Å²) in [6, 6.07) is -0.424. The van der Waals surface area contributed by atoms with Gasteiger partial charge in [0.1, 0.15) is 6.04 Å². The fourth-order valence-corrected chi connectivity index (χ4v) is 2.18. The van der Waals surface area contributed by atoms with Gasteiger partial charge in [0.25, 0.3) is 0 Å². The molecule has 0 aliphatic carbocycles. The fourth-order valence-electron chi connectivity index (χ4n) is 2.18. The third-order valence-electron chi connectivity index (χ3n) is 3.05. The van der Waals surface area contributed by atoms with Gasteiger partial charge in [-0.05, 0) is 32.9 Å². The Kier molecular flexibility index (Phi) is 13.1. The highest BCUT2D eigenvalue weighted by Gasteiger charge is 2.18. The first-order valence-electron chi connectivity index (χ1n) is 6.40. The van der Waals surface area contributed by atoms with Crippen LogP contribution >= 0.6 is 24.8 Å². The van der Waals surface area contributed by atoms with Crippen molar-refractivity contribution in [2.24, 2.45) is 5.73 Å². The predicted molar refractivity (Wildman–Crippen MR) is 82.2 cm³/mol. The van der Waals surface area contributed by atoms with Gasteiger partial charge < -0.3 is 20.7 Å². The second-order valence-electron chi connectivity index (χ2n) is 4.83. The molecule has 2 atom stereocenters. The molecule has 0 aromatic heterocycles. The van der Waals surface area contributed by atoms with Gasteiger partial charge in [0.05, 0.1) is 6.61 Å². The Labute approximate surface area is 128 Å². The van der Waals surface area contributed by atoms with Crippen molar-refractivity contribution >= 4 is 30.7 Å². The number of carbonyl (C=O) groups is 1. The number of carbonyl (C=O) groups excluding carboxylic acids is 1. The number of hydrogen-bond acceptors (Lipinski definition) is 4. The topological polar surface area (TPSA) is 67.6 Å². The van der Waals surface area contributed by atoms with E-state index < -0.39 is 6.04 Å². The molecule has 1 aliphatic heterocycles. The maximum atomic E-state index is 11.7. The van der Waals surface area contributed by atoms with Crippen LogP contribution in [0.25, 0.3) is 0 Å². The molecule has 0 aromatic rings. The van der Waals surface area contributed by atoms with Crippen molar-refractivity contribution in [1.29, 1.82) is 0 Å². The SMILES string of the molecule is COCC(N)C(=O)NC(C)CN1CCCCC1.Cl.Cl. The van der Waals surface area contributed by atoms with Crippen molar-refractivity contribution in [3.63, 3.8) is 0 Å². The zero-order valence-corrected chi connectivity index (χ0v) is 13.4. The lowest BCUT2D eigenvalue weighted by molar-refractivity contribution is -0.124. The largest absolute Gasteiger partial charge is 0.383 e. The lowest BCUT2D eigenvalue weighted by Gasteiger charge is -2.29. The minimum atomic E-state index is -0.566. The number of nitrogens with one attached hydrogen (secondary N) is 1. The number of halogens is 2. The van der Waals surface area contributed by atoms with Crippen LogP contribution in [0.3, 0.4) is 0 Å². The number of nitrogens with zero attached hydrogens (tertiary/aromatic N) is 1. The summed E-state index contributed by atoms with van der Waals surface area (Å²) >= 11 is 0. The first-order valence-corrected chi connectivity index (χ1v) is 6.40. The molecule has 0 saturated carbocycles. The summed E-state index contributed by atoms with van der Waals surface area (Å²) in [6.07, 6.45) is 3.86. The average Bonchev–Trinajstić information content (AvgIpc) is 2.30. The Morgan fingerprint density at radius 3 is 2.42 bits per heavy atom. The number of rotatable bonds is 6. The first-order chi connectivity index (χ1) is 8.13. The minimum absolute atomic E-state index is 0. The zero-order chi connectivity index (χ0) is 12.7. The number of hydrogen-bond donors (Lipinski definition) is 2. The second-order valence-corrected chi connectivity index (χ2v) is 4.83. The number of amides is 1. The molecule has 19 heavy (non-hydrogen) atoms. The quantitative estimate of drug-likeness (QED) is 0.760. The lowest BCUT2D eigenvalue weighted by atomic mass is 10.1. The van der Waals surface area contributed by atoms with Gasteiger partial charge in [0.15, 0.2) is 0 Å². The minimum Gasteiger partial charge on any atom is -0.383 e. The molecule has 0 radical (unpaired) electrons. The van der Waals surface area contributed by atoms with E-state index in [-0.39, 0.29) is 43.4 Å². The summed E-state index contributed by atoms with van der Waals surface area (Å²) in [4.78, 5) is 14.0. The summed E-state index contributed by atoms with van der Waals surface area (Å²) in [5, 5.41) is 2.93. The van der Waals surface area contributed by atoms with Gasteiger partial charge in [-0.25, -0.2) is 0 Å². The van der Waals surface area contributed by atoms with E-state index in [1.807, 2.05) is 6.92 Å². The molecule has 0 spiro atoms.